The van der Waals surface area contributed by atoms with E-state index in [9.17, 15) is 0 Å². The summed E-state index contributed by atoms with van der Waals surface area (Å²) in [5.41, 5.74) is 0.931. The average Bonchev–Trinajstić information content (AvgIpc) is 3.11. The van der Waals surface area contributed by atoms with Crippen molar-refractivity contribution in [2.45, 2.75) is 36.2 Å². The van der Waals surface area contributed by atoms with E-state index in [2.05, 4.69) is 42.5 Å². The lowest BCUT2D eigenvalue weighted by Crippen LogP contribution is -2.03. The largest absolute Gasteiger partial charge is 0.420 e. The van der Waals surface area contributed by atoms with Gasteiger partial charge in [-0.15, -0.1) is 31.7 Å². The molecule has 1 aromatic carbocycles. The topological polar surface area (TPSA) is 69.6 Å². The van der Waals surface area contributed by atoms with Crippen LogP contribution in [0, 0.1) is 0 Å². The van der Waals surface area contributed by atoms with Crippen molar-refractivity contribution in [1.82, 2.24) is 25.0 Å². The normalized spacial score (nSPS) is 13.9. The van der Waals surface area contributed by atoms with Crippen LogP contribution in [0.2, 0.25) is 0 Å². The standard InChI is InChI=1S/C19H17N5OS2/c1-2-5-13(6-3-1)18-22-21-17(25-18)12-27-19-23-20-16(24(19)14-8-9-14)11-15-7-4-10-26-15/h1-7,10,14H,8-9,11-12H2. The molecule has 5 rings (SSSR count). The number of rotatable bonds is 7. The van der Waals surface area contributed by atoms with Gasteiger partial charge in [0.2, 0.25) is 11.8 Å². The van der Waals surface area contributed by atoms with E-state index in [1.54, 1.807) is 23.1 Å². The Kier molecular flexibility index (Phi) is 4.51. The van der Waals surface area contributed by atoms with Gasteiger partial charge in [-0.1, -0.05) is 36.0 Å². The fourth-order valence-electron chi connectivity index (χ4n) is 2.93. The predicted molar refractivity (Wildman–Crippen MR) is 105 cm³/mol. The smallest absolute Gasteiger partial charge is 0.247 e. The molecule has 0 aliphatic heterocycles. The van der Waals surface area contributed by atoms with Gasteiger partial charge in [-0.05, 0) is 36.4 Å². The maximum Gasteiger partial charge on any atom is 0.247 e. The molecule has 136 valence electrons. The average molecular weight is 396 g/mol. The lowest BCUT2D eigenvalue weighted by atomic mass is 10.2. The quantitative estimate of drug-likeness (QED) is 0.426. The minimum Gasteiger partial charge on any atom is -0.420 e. The first-order valence-electron chi connectivity index (χ1n) is 8.83. The van der Waals surface area contributed by atoms with Crippen molar-refractivity contribution in [3.05, 3.63) is 64.4 Å². The Balaban J connectivity index is 1.31. The molecule has 0 atom stereocenters. The molecule has 0 amide bonds. The summed E-state index contributed by atoms with van der Waals surface area (Å²) in [4.78, 5) is 1.31. The molecule has 1 aliphatic carbocycles. The molecule has 4 aromatic rings. The molecule has 3 aromatic heterocycles. The molecule has 1 fully saturated rings. The number of thioether (sulfide) groups is 1. The minimum atomic E-state index is 0.528. The molecule has 3 heterocycles. The summed E-state index contributed by atoms with van der Waals surface area (Å²) in [6, 6.07) is 14.6. The Bertz CT molecular complexity index is 1020. The Morgan fingerprint density at radius 3 is 2.70 bits per heavy atom. The van der Waals surface area contributed by atoms with Crippen LogP contribution in [0.3, 0.4) is 0 Å². The number of hydrogen-bond acceptors (Lipinski definition) is 7. The second-order valence-electron chi connectivity index (χ2n) is 6.41. The van der Waals surface area contributed by atoms with Crippen LogP contribution < -0.4 is 0 Å². The van der Waals surface area contributed by atoms with Gasteiger partial charge >= 0.3 is 0 Å². The lowest BCUT2D eigenvalue weighted by Gasteiger charge is -2.07. The van der Waals surface area contributed by atoms with Crippen LogP contribution in [0.1, 0.15) is 35.5 Å². The zero-order chi connectivity index (χ0) is 18.1. The van der Waals surface area contributed by atoms with Gasteiger partial charge in [0.15, 0.2) is 5.16 Å². The molecule has 0 saturated heterocycles. The van der Waals surface area contributed by atoms with Gasteiger partial charge in [-0.25, -0.2) is 0 Å². The first kappa shape index (κ1) is 16.7. The maximum absolute atomic E-state index is 5.80. The molecule has 0 unspecified atom stereocenters. The fraction of sp³-hybridized carbons (Fsp3) is 0.263. The summed E-state index contributed by atoms with van der Waals surface area (Å²) < 4.78 is 8.09. The Morgan fingerprint density at radius 1 is 1.04 bits per heavy atom. The van der Waals surface area contributed by atoms with E-state index >= 15 is 0 Å². The van der Waals surface area contributed by atoms with Crippen LogP contribution in [-0.2, 0) is 12.2 Å². The minimum absolute atomic E-state index is 0.528. The van der Waals surface area contributed by atoms with E-state index in [1.807, 2.05) is 30.3 Å². The van der Waals surface area contributed by atoms with Gasteiger partial charge < -0.3 is 8.98 Å². The summed E-state index contributed by atoms with van der Waals surface area (Å²) in [5, 5.41) is 20.2. The summed E-state index contributed by atoms with van der Waals surface area (Å²) in [6.07, 6.45) is 3.23. The Morgan fingerprint density at radius 2 is 1.93 bits per heavy atom. The van der Waals surface area contributed by atoms with Crippen LogP contribution in [0.15, 0.2) is 57.4 Å². The monoisotopic (exact) mass is 395 g/mol. The lowest BCUT2D eigenvalue weighted by molar-refractivity contribution is 0.528. The highest BCUT2D eigenvalue weighted by Crippen LogP contribution is 2.39. The van der Waals surface area contributed by atoms with Crippen molar-refractivity contribution in [3.63, 3.8) is 0 Å². The van der Waals surface area contributed by atoms with Crippen LogP contribution >= 0.6 is 23.1 Å². The fourth-order valence-corrected chi connectivity index (χ4v) is 4.49. The van der Waals surface area contributed by atoms with Crippen molar-refractivity contribution >= 4 is 23.1 Å². The SMILES string of the molecule is c1ccc(-c2nnc(CSc3nnc(Cc4cccs4)n3C3CC3)o2)cc1. The van der Waals surface area contributed by atoms with E-state index in [4.69, 9.17) is 4.42 Å². The van der Waals surface area contributed by atoms with Gasteiger partial charge in [0.1, 0.15) is 5.82 Å². The number of nitrogens with zero attached hydrogens (tertiary/aromatic N) is 5. The summed E-state index contributed by atoms with van der Waals surface area (Å²) in [5.74, 6) is 2.78. The third-order valence-corrected chi connectivity index (χ3v) is 6.18. The van der Waals surface area contributed by atoms with Crippen molar-refractivity contribution in [1.29, 1.82) is 0 Å². The van der Waals surface area contributed by atoms with E-state index in [1.165, 1.54) is 17.7 Å². The van der Waals surface area contributed by atoms with E-state index < -0.39 is 0 Å². The molecule has 8 heteroatoms. The van der Waals surface area contributed by atoms with Crippen LogP contribution in [0.5, 0.6) is 0 Å². The molecule has 0 spiro atoms. The first-order chi connectivity index (χ1) is 13.4. The molecule has 1 saturated carbocycles. The van der Waals surface area contributed by atoms with E-state index in [0.717, 1.165) is 23.0 Å². The summed E-state index contributed by atoms with van der Waals surface area (Å²) >= 11 is 3.36. The molecule has 27 heavy (non-hydrogen) atoms. The van der Waals surface area contributed by atoms with Gasteiger partial charge in [-0.2, -0.15) is 0 Å². The molecule has 1 aliphatic rings. The summed E-state index contributed by atoms with van der Waals surface area (Å²) in [7, 11) is 0. The number of benzene rings is 1. The zero-order valence-electron chi connectivity index (χ0n) is 14.5. The zero-order valence-corrected chi connectivity index (χ0v) is 16.1. The van der Waals surface area contributed by atoms with Gasteiger partial charge in [0.25, 0.3) is 0 Å². The highest BCUT2D eigenvalue weighted by molar-refractivity contribution is 7.98. The third-order valence-electron chi connectivity index (χ3n) is 4.37. The highest BCUT2D eigenvalue weighted by Gasteiger charge is 2.30. The second-order valence-corrected chi connectivity index (χ2v) is 8.39. The second kappa shape index (κ2) is 7.28. The number of hydrogen-bond donors (Lipinski definition) is 0. The number of aromatic nitrogens is 5. The number of thiophene rings is 1. The highest BCUT2D eigenvalue weighted by atomic mass is 32.2. The molecule has 6 nitrogen and oxygen atoms in total. The molecule has 0 bridgehead atoms. The van der Waals surface area contributed by atoms with Crippen LogP contribution in [0.4, 0.5) is 0 Å². The van der Waals surface area contributed by atoms with Gasteiger partial charge in [0, 0.05) is 22.9 Å². The molecular weight excluding hydrogens is 378 g/mol. The summed E-state index contributed by atoms with van der Waals surface area (Å²) in [6.45, 7) is 0. The predicted octanol–water partition coefficient (Wildman–Crippen LogP) is 4.61. The van der Waals surface area contributed by atoms with Crippen molar-refractivity contribution < 1.29 is 4.42 Å². The first-order valence-corrected chi connectivity index (χ1v) is 10.7. The van der Waals surface area contributed by atoms with Crippen LogP contribution in [-0.4, -0.2) is 25.0 Å². The molecule has 0 radical (unpaired) electrons. The Hall–Kier alpha value is -2.45. The van der Waals surface area contributed by atoms with Crippen molar-refractivity contribution in [2.24, 2.45) is 0 Å². The van der Waals surface area contributed by atoms with E-state index in [-0.39, 0.29) is 0 Å². The van der Waals surface area contributed by atoms with Crippen molar-refractivity contribution in [3.8, 4) is 11.5 Å². The third kappa shape index (κ3) is 3.68. The molecule has 0 N–H and O–H groups in total. The van der Waals surface area contributed by atoms with Crippen LogP contribution in [0.25, 0.3) is 11.5 Å². The maximum atomic E-state index is 5.80. The Labute approximate surface area is 164 Å². The van der Waals surface area contributed by atoms with Crippen molar-refractivity contribution in [2.75, 3.05) is 0 Å². The van der Waals surface area contributed by atoms with Gasteiger partial charge in [-0.3, -0.25) is 0 Å². The van der Waals surface area contributed by atoms with E-state index in [0.29, 0.717) is 23.6 Å². The van der Waals surface area contributed by atoms with Gasteiger partial charge in [0.05, 0.1) is 5.75 Å². The molecular formula is C19H17N5OS2.